The molecule has 0 unspecified atom stereocenters. The Kier molecular flexibility index (Phi) is 6.16. The van der Waals surface area contributed by atoms with Crippen molar-refractivity contribution in [3.63, 3.8) is 0 Å². The van der Waals surface area contributed by atoms with Crippen LogP contribution in [0.4, 0.5) is 5.82 Å². The summed E-state index contributed by atoms with van der Waals surface area (Å²) in [6.45, 7) is 2.73. The van der Waals surface area contributed by atoms with Gasteiger partial charge in [0.15, 0.2) is 22.8 Å². The van der Waals surface area contributed by atoms with E-state index in [4.69, 9.17) is 9.47 Å². The summed E-state index contributed by atoms with van der Waals surface area (Å²) in [7, 11) is 0. The second-order valence-corrected chi connectivity index (χ2v) is 7.62. The molecule has 1 aliphatic rings. The molecular weight excluding hydrogens is 430 g/mol. The molecule has 0 radical (unpaired) electrons. The molecule has 11 nitrogen and oxygen atoms in total. The number of carbonyl (C=O) groups is 3. The monoisotopic (exact) mass is 453 g/mol. The number of aliphatic hydroxyl groups is 1. The van der Waals surface area contributed by atoms with Crippen LogP contribution in [0.2, 0.25) is 0 Å². The lowest BCUT2D eigenvalue weighted by Crippen LogP contribution is -2.42. The van der Waals surface area contributed by atoms with E-state index in [1.807, 2.05) is 0 Å². The van der Waals surface area contributed by atoms with E-state index >= 15 is 0 Å². The van der Waals surface area contributed by atoms with E-state index in [9.17, 15) is 19.5 Å². The van der Waals surface area contributed by atoms with E-state index in [-0.39, 0.29) is 48.1 Å². The lowest BCUT2D eigenvalue weighted by atomic mass is 10.00. The smallest absolute Gasteiger partial charge is 0.302 e. The van der Waals surface area contributed by atoms with E-state index in [0.717, 1.165) is 0 Å². The first-order valence-electron chi connectivity index (χ1n) is 10.4. The number of esters is 1. The molecule has 1 saturated heterocycles. The molecule has 1 fully saturated rings. The van der Waals surface area contributed by atoms with Crippen molar-refractivity contribution in [3.8, 4) is 0 Å². The molecule has 172 valence electrons. The highest BCUT2D eigenvalue weighted by atomic mass is 16.6. The van der Waals surface area contributed by atoms with Gasteiger partial charge in [0.25, 0.3) is 5.91 Å². The van der Waals surface area contributed by atoms with Gasteiger partial charge in [-0.2, -0.15) is 0 Å². The Bertz CT molecular complexity index is 1200. The Labute approximate surface area is 188 Å². The Morgan fingerprint density at radius 1 is 1.24 bits per heavy atom. The SMILES string of the molecule is CCC(=O)[C@]1(n2cnc3c(NC(=O)c4ccccc4)ncnc32)C[C@H](O)[C@@H](COC(C)=O)O1. The van der Waals surface area contributed by atoms with Crippen molar-refractivity contribution < 1.29 is 29.0 Å². The third-order valence-corrected chi connectivity index (χ3v) is 5.46. The fourth-order valence-corrected chi connectivity index (χ4v) is 3.84. The molecule has 3 atom stereocenters. The molecule has 0 spiro atoms. The molecule has 3 heterocycles. The molecule has 11 heteroatoms. The summed E-state index contributed by atoms with van der Waals surface area (Å²) >= 11 is 0. The molecule has 1 aromatic carbocycles. The van der Waals surface area contributed by atoms with E-state index in [1.165, 1.54) is 24.1 Å². The highest BCUT2D eigenvalue weighted by molar-refractivity contribution is 6.06. The number of hydrogen-bond acceptors (Lipinski definition) is 9. The van der Waals surface area contributed by atoms with Gasteiger partial charge >= 0.3 is 5.97 Å². The van der Waals surface area contributed by atoms with Gasteiger partial charge in [0, 0.05) is 25.3 Å². The van der Waals surface area contributed by atoms with Crippen LogP contribution in [0.25, 0.3) is 11.2 Å². The first kappa shape index (κ1) is 22.5. The third kappa shape index (κ3) is 4.20. The number of Topliss-reactive ketones (excluding diaryl/α,β-unsaturated/α-hetero) is 1. The fraction of sp³-hybridized carbons (Fsp3) is 0.364. The van der Waals surface area contributed by atoms with Crippen LogP contribution in [-0.2, 0) is 24.8 Å². The molecule has 2 N–H and O–H groups in total. The average Bonchev–Trinajstić information content (AvgIpc) is 3.40. The molecule has 3 aromatic rings. The van der Waals surface area contributed by atoms with Gasteiger partial charge in [-0.3, -0.25) is 19.0 Å². The van der Waals surface area contributed by atoms with Gasteiger partial charge in [0.1, 0.15) is 19.0 Å². The number of aromatic nitrogens is 4. The molecule has 2 aromatic heterocycles. The molecular formula is C22H23N5O6. The zero-order valence-corrected chi connectivity index (χ0v) is 18.1. The predicted molar refractivity (Wildman–Crippen MR) is 115 cm³/mol. The Morgan fingerprint density at radius 2 is 2.00 bits per heavy atom. The number of fused-ring (bicyclic) bond motifs is 1. The summed E-state index contributed by atoms with van der Waals surface area (Å²) in [6, 6.07) is 8.62. The molecule has 33 heavy (non-hydrogen) atoms. The number of ketones is 1. The number of ether oxygens (including phenoxy) is 2. The number of aliphatic hydroxyl groups excluding tert-OH is 1. The Balaban J connectivity index is 1.70. The zero-order valence-electron chi connectivity index (χ0n) is 18.1. The predicted octanol–water partition coefficient (Wildman–Crippen LogP) is 1.42. The van der Waals surface area contributed by atoms with Crippen molar-refractivity contribution in [2.24, 2.45) is 0 Å². The maximum atomic E-state index is 13.0. The zero-order chi connectivity index (χ0) is 23.6. The Morgan fingerprint density at radius 3 is 2.70 bits per heavy atom. The standard InChI is InChI=1S/C22H23N5O6/c1-3-17(30)22(9-15(29)16(33-22)10-32-13(2)28)27-12-25-18-19(23-11-24-20(18)27)26-21(31)14-7-5-4-6-8-14/h4-8,11-12,15-16,29H,3,9-10H2,1-2H3,(H,23,24,26,31)/t15-,16+,22-/m0/s1. The van der Waals surface area contributed by atoms with Crippen molar-refractivity contribution in [1.82, 2.24) is 19.5 Å². The minimum absolute atomic E-state index is 0.0766. The third-order valence-electron chi connectivity index (χ3n) is 5.46. The maximum Gasteiger partial charge on any atom is 0.302 e. The number of imidazole rings is 1. The lowest BCUT2D eigenvalue weighted by Gasteiger charge is -2.29. The number of nitrogens with one attached hydrogen (secondary N) is 1. The summed E-state index contributed by atoms with van der Waals surface area (Å²) in [5.74, 6) is -1.04. The quantitative estimate of drug-likeness (QED) is 0.507. The topological polar surface area (TPSA) is 146 Å². The normalized spacial score (nSPS) is 22.3. The van der Waals surface area contributed by atoms with Crippen LogP contribution in [0.3, 0.4) is 0 Å². The lowest BCUT2D eigenvalue weighted by molar-refractivity contribution is -0.166. The second-order valence-electron chi connectivity index (χ2n) is 7.62. The number of amides is 1. The van der Waals surface area contributed by atoms with Crippen LogP contribution in [0.5, 0.6) is 0 Å². The number of nitrogens with zero attached hydrogens (tertiary/aromatic N) is 4. The van der Waals surface area contributed by atoms with Gasteiger partial charge in [0.2, 0.25) is 5.72 Å². The molecule has 1 aliphatic heterocycles. The van der Waals surface area contributed by atoms with E-state index in [1.54, 1.807) is 37.3 Å². The molecule has 1 amide bonds. The number of rotatable bonds is 7. The molecule has 0 bridgehead atoms. The van der Waals surface area contributed by atoms with E-state index in [2.05, 4.69) is 20.3 Å². The highest BCUT2D eigenvalue weighted by Gasteiger charge is 2.53. The largest absolute Gasteiger partial charge is 0.463 e. The minimum Gasteiger partial charge on any atom is -0.463 e. The summed E-state index contributed by atoms with van der Waals surface area (Å²) in [5.41, 5.74) is -0.651. The first-order valence-corrected chi connectivity index (χ1v) is 10.4. The van der Waals surface area contributed by atoms with Crippen LogP contribution in [-0.4, -0.2) is 61.1 Å². The van der Waals surface area contributed by atoms with Gasteiger partial charge in [-0.1, -0.05) is 25.1 Å². The van der Waals surface area contributed by atoms with Crippen LogP contribution >= 0.6 is 0 Å². The minimum atomic E-state index is -1.59. The fourth-order valence-electron chi connectivity index (χ4n) is 3.84. The van der Waals surface area contributed by atoms with Crippen LogP contribution in [0, 0.1) is 0 Å². The summed E-state index contributed by atoms with van der Waals surface area (Å²) < 4.78 is 12.4. The van der Waals surface area contributed by atoms with Gasteiger partial charge in [-0.15, -0.1) is 0 Å². The van der Waals surface area contributed by atoms with Gasteiger partial charge < -0.3 is 19.9 Å². The average molecular weight is 453 g/mol. The number of benzene rings is 1. The van der Waals surface area contributed by atoms with Crippen molar-refractivity contribution in [2.45, 2.75) is 44.6 Å². The van der Waals surface area contributed by atoms with Gasteiger partial charge in [-0.25, -0.2) is 15.0 Å². The van der Waals surface area contributed by atoms with Crippen molar-refractivity contribution in [2.75, 3.05) is 11.9 Å². The van der Waals surface area contributed by atoms with Crippen molar-refractivity contribution in [3.05, 3.63) is 48.5 Å². The molecule has 0 saturated carbocycles. The highest BCUT2D eigenvalue weighted by Crippen LogP contribution is 2.39. The summed E-state index contributed by atoms with van der Waals surface area (Å²) in [5, 5.41) is 13.3. The van der Waals surface area contributed by atoms with Crippen molar-refractivity contribution in [1.29, 1.82) is 0 Å². The van der Waals surface area contributed by atoms with Crippen LogP contribution in [0.15, 0.2) is 43.0 Å². The number of anilines is 1. The van der Waals surface area contributed by atoms with Gasteiger partial charge in [-0.05, 0) is 12.1 Å². The van der Waals surface area contributed by atoms with Crippen LogP contribution in [0.1, 0.15) is 37.0 Å². The molecule has 0 aliphatic carbocycles. The van der Waals surface area contributed by atoms with E-state index < -0.39 is 23.9 Å². The van der Waals surface area contributed by atoms with Gasteiger partial charge in [0.05, 0.1) is 12.4 Å². The second kappa shape index (κ2) is 9.04. The Hall–Kier alpha value is -3.70. The molecule has 4 rings (SSSR count). The number of hydrogen-bond donors (Lipinski definition) is 2. The summed E-state index contributed by atoms with van der Waals surface area (Å²) in [6.07, 6.45) is 0.693. The number of carbonyl (C=O) groups excluding carboxylic acids is 3. The van der Waals surface area contributed by atoms with Crippen LogP contribution < -0.4 is 5.32 Å². The maximum absolute atomic E-state index is 13.0. The first-order chi connectivity index (χ1) is 15.9. The van der Waals surface area contributed by atoms with E-state index in [0.29, 0.717) is 5.56 Å². The summed E-state index contributed by atoms with van der Waals surface area (Å²) in [4.78, 5) is 49.5. The van der Waals surface area contributed by atoms with Crippen molar-refractivity contribution >= 4 is 34.6 Å².